The number of alkyl halides is 5. The van der Waals surface area contributed by atoms with E-state index in [1.54, 1.807) is 4.90 Å². The number of likely N-dealkylation sites (tertiary alicyclic amines) is 1. The van der Waals surface area contributed by atoms with E-state index in [0.29, 0.717) is 18.9 Å². The molecular formula is C27H27F6NO3S. The number of amides is 1. The predicted molar refractivity (Wildman–Crippen MR) is 127 cm³/mol. The number of rotatable bonds is 4. The molecule has 1 saturated heterocycles. The molecular weight excluding hydrogens is 532 g/mol. The standard InChI is InChI=1S/C27H27F6NO3S/c28-20-8-10-21(11-9-20)38(36,37)25-14-15-34(24(35)17-4-2-1-3-5-17)23(25)13-6-18-16-19(7-12-22(18)25)26(29,30)27(31,32)33/h7-12,16-17,23H,1-6,13-15H2. The lowest BCUT2D eigenvalue weighted by atomic mass is 9.77. The number of carbonyl (C=O) groups excluding carboxylic acids is 1. The van der Waals surface area contributed by atoms with E-state index in [4.69, 9.17) is 0 Å². The van der Waals surface area contributed by atoms with Crippen LogP contribution < -0.4 is 0 Å². The Morgan fingerprint density at radius 3 is 2.21 bits per heavy atom. The molecule has 4 nitrogen and oxygen atoms in total. The third-order valence-corrected chi connectivity index (χ3v) is 11.0. The molecule has 5 rings (SSSR count). The van der Waals surface area contributed by atoms with E-state index >= 15 is 0 Å². The van der Waals surface area contributed by atoms with Crippen LogP contribution in [0.15, 0.2) is 47.4 Å². The molecule has 0 radical (unpaired) electrons. The summed E-state index contributed by atoms with van der Waals surface area (Å²) < 4.78 is 108. The minimum atomic E-state index is -5.81. The Morgan fingerprint density at radius 2 is 1.58 bits per heavy atom. The fourth-order valence-electron chi connectivity index (χ4n) is 6.56. The SMILES string of the molecule is O=C(C1CCCCC1)N1CCC2(S(=O)(=O)c3ccc(F)cc3)c3ccc(C(F)(F)C(F)(F)F)cc3CCC12. The second kappa shape index (κ2) is 9.27. The highest BCUT2D eigenvalue weighted by Gasteiger charge is 2.62. The molecule has 2 aromatic carbocycles. The number of halogens is 6. The van der Waals surface area contributed by atoms with Gasteiger partial charge in [-0.2, -0.15) is 22.0 Å². The van der Waals surface area contributed by atoms with Crippen molar-refractivity contribution in [3.8, 4) is 0 Å². The third-order valence-electron chi connectivity index (χ3n) is 8.45. The molecule has 38 heavy (non-hydrogen) atoms. The van der Waals surface area contributed by atoms with Gasteiger partial charge in [-0.25, -0.2) is 12.8 Å². The van der Waals surface area contributed by atoms with E-state index in [-0.39, 0.29) is 53.7 Å². The number of hydrogen-bond acceptors (Lipinski definition) is 3. The van der Waals surface area contributed by atoms with Gasteiger partial charge in [0.15, 0.2) is 9.84 Å². The van der Waals surface area contributed by atoms with Crippen LogP contribution in [0.3, 0.4) is 0 Å². The number of hydrogen-bond donors (Lipinski definition) is 0. The summed E-state index contributed by atoms with van der Waals surface area (Å²) in [5.41, 5.74) is -1.05. The highest BCUT2D eigenvalue weighted by atomic mass is 32.2. The molecule has 2 unspecified atom stereocenters. The summed E-state index contributed by atoms with van der Waals surface area (Å²) in [5.74, 6) is -6.14. The monoisotopic (exact) mass is 559 g/mol. The van der Waals surface area contributed by atoms with Crippen molar-refractivity contribution in [2.45, 2.75) is 79.1 Å². The van der Waals surface area contributed by atoms with Crippen molar-refractivity contribution in [1.29, 1.82) is 0 Å². The van der Waals surface area contributed by atoms with Crippen LogP contribution in [0.1, 0.15) is 61.6 Å². The van der Waals surface area contributed by atoms with Gasteiger partial charge < -0.3 is 4.90 Å². The molecule has 1 heterocycles. The third kappa shape index (κ3) is 4.03. The first kappa shape index (κ1) is 27.0. The largest absolute Gasteiger partial charge is 0.458 e. The molecule has 1 aliphatic heterocycles. The van der Waals surface area contributed by atoms with Crippen molar-refractivity contribution in [3.05, 3.63) is 65.0 Å². The minimum absolute atomic E-state index is 0.0386. The number of nitrogens with zero attached hydrogens (tertiary/aromatic N) is 1. The van der Waals surface area contributed by atoms with Gasteiger partial charge in [0.05, 0.1) is 10.9 Å². The number of sulfone groups is 1. The molecule has 2 aliphatic carbocycles. The maximum absolute atomic E-state index is 14.3. The normalized spacial score (nSPS) is 24.7. The molecule has 1 saturated carbocycles. The molecule has 206 valence electrons. The fraction of sp³-hybridized carbons (Fsp3) is 0.519. The highest BCUT2D eigenvalue weighted by Crippen LogP contribution is 2.54. The van der Waals surface area contributed by atoms with Crippen molar-refractivity contribution in [2.24, 2.45) is 5.92 Å². The Hall–Kier alpha value is -2.56. The van der Waals surface area contributed by atoms with Crippen molar-refractivity contribution in [2.75, 3.05) is 6.54 Å². The van der Waals surface area contributed by atoms with Gasteiger partial charge in [0.2, 0.25) is 5.91 Å². The average molecular weight is 560 g/mol. The van der Waals surface area contributed by atoms with Gasteiger partial charge in [0, 0.05) is 18.0 Å². The quantitative estimate of drug-likeness (QED) is 0.328. The molecule has 2 aromatic rings. The van der Waals surface area contributed by atoms with Crippen LogP contribution in [0, 0.1) is 11.7 Å². The van der Waals surface area contributed by atoms with Crippen molar-refractivity contribution in [1.82, 2.24) is 4.90 Å². The molecule has 0 spiro atoms. The molecule has 11 heteroatoms. The van der Waals surface area contributed by atoms with E-state index in [1.165, 1.54) is 0 Å². The Labute approximate surface area is 216 Å². The Balaban J connectivity index is 1.65. The summed E-state index contributed by atoms with van der Waals surface area (Å²) in [7, 11) is -4.33. The van der Waals surface area contributed by atoms with Crippen LogP contribution in [0.2, 0.25) is 0 Å². The molecule has 1 amide bonds. The second-order valence-electron chi connectivity index (χ2n) is 10.5. The van der Waals surface area contributed by atoms with Crippen LogP contribution in [-0.4, -0.2) is 38.0 Å². The zero-order chi connectivity index (χ0) is 27.5. The average Bonchev–Trinajstić information content (AvgIpc) is 3.30. The lowest BCUT2D eigenvalue weighted by molar-refractivity contribution is -0.289. The molecule has 2 atom stereocenters. The Morgan fingerprint density at radius 1 is 0.921 bits per heavy atom. The van der Waals surface area contributed by atoms with E-state index < -0.39 is 44.1 Å². The molecule has 0 bridgehead atoms. The summed E-state index contributed by atoms with van der Waals surface area (Å²) in [4.78, 5) is 15.0. The topological polar surface area (TPSA) is 54.5 Å². The first-order valence-electron chi connectivity index (χ1n) is 12.7. The summed E-state index contributed by atoms with van der Waals surface area (Å²) in [6.07, 6.45) is -1.51. The maximum atomic E-state index is 14.3. The zero-order valence-electron chi connectivity index (χ0n) is 20.4. The van der Waals surface area contributed by atoms with Crippen molar-refractivity contribution in [3.63, 3.8) is 0 Å². The summed E-state index contributed by atoms with van der Waals surface area (Å²) in [6.45, 7) is 0.111. The summed E-state index contributed by atoms with van der Waals surface area (Å²) in [5, 5.41) is 0. The van der Waals surface area contributed by atoms with Gasteiger partial charge in [0.1, 0.15) is 10.6 Å². The van der Waals surface area contributed by atoms with Crippen LogP contribution in [0.25, 0.3) is 0 Å². The Kier molecular flexibility index (Phi) is 6.60. The molecule has 2 fully saturated rings. The summed E-state index contributed by atoms with van der Waals surface area (Å²) in [6, 6.07) is 5.81. The van der Waals surface area contributed by atoms with Crippen LogP contribution in [0.5, 0.6) is 0 Å². The molecule has 3 aliphatic rings. The van der Waals surface area contributed by atoms with Gasteiger partial charge in [0.25, 0.3) is 0 Å². The van der Waals surface area contributed by atoms with Crippen molar-refractivity contribution < 1.29 is 39.6 Å². The lowest BCUT2D eigenvalue weighted by Gasteiger charge is -2.43. The van der Waals surface area contributed by atoms with E-state index in [1.807, 2.05) is 0 Å². The number of carbonyl (C=O) groups is 1. The first-order valence-corrected chi connectivity index (χ1v) is 14.2. The van der Waals surface area contributed by atoms with Crippen LogP contribution in [-0.2, 0) is 31.7 Å². The van der Waals surface area contributed by atoms with Gasteiger partial charge in [-0.1, -0.05) is 31.4 Å². The number of fused-ring (bicyclic) bond motifs is 3. The van der Waals surface area contributed by atoms with Gasteiger partial charge in [-0.15, -0.1) is 0 Å². The maximum Gasteiger partial charge on any atom is 0.458 e. The predicted octanol–water partition coefficient (Wildman–Crippen LogP) is 6.28. The second-order valence-corrected chi connectivity index (χ2v) is 12.7. The van der Waals surface area contributed by atoms with Crippen LogP contribution in [0.4, 0.5) is 26.3 Å². The van der Waals surface area contributed by atoms with Gasteiger partial charge in [-0.05, 0) is 73.6 Å². The van der Waals surface area contributed by atoms with Crippen LogP contribution >= 0.6 is 0 Å². The van der Waals surface area contributed by atoms with E-state index in [9.17, 15) is 39.6 Å². The zero-order valence-corrected chi connectivity index (χ0v) is 21.2. The first-order chi connectivity index (χ1) is 17.8. The van der Waals surface area contributed by atoms with Gasteiger partial charge in [-0.3, -0.25) is 4.79 Å². The Bertz CT molecular complexity index is 1340. The molecule has 0 N–H and O–H groups in total. The molecule has 0 aromatic heterocycles. The van der Waals surface area contributed by atoms with Crippen molar-refractivity contribution >= 4 is 15.7 Å². The lowest BCUT2D eigenvalue weighted by Crippen LogP contribution is -2.53. The summed E-state index contributed by atoms with van der Waals surface area (Å²) >= 11 is 0. The number of aryl methyl sites for hydroxylation is 1. The number of benzene rings is 2. The smallest absolute Gasteiger partial charge is 0.337 e. The minimum Gasteiger partial charge on any atom is -0.337 e. The van der Waals surface area contributed by atoms with E-state index in [2.05, 4.69) is 0 Å². The van der Waals surface area contributed by atoms with E-state index in [0.717, 1.165) is 55.7 Å². The fourth-order valence-corrected chi connectivity index (χ4v) is 8.93. The highest BCUT2D eigenvalue weighted by molar-refractivity contribution is 7.92. The van der Waals surface area contributed by atoms with Gasteiger partial charge >= 0.3 is 12.1 Å².